The van der Waals surface area contributed by atoms with Gasteiger partial charge in [-0.2, -0.15) is 0 Å². The summed E-state index contributed by atoms with van der Waals surface area (Å²) in [7, 11) is 0. The number of halogens is 1. The van der Waals surface area contributed by atoms with E-state index in [1.165, 1.54) is 6.08 Å². The van der Waals surface area contributed by atoms with Crippen LogP contribution in [0.15, 0.2) is 23.8 Å². The zero-order valence-electron chi connectivity index (χ0n) is 6.86. The maximum Gasteiger partial charge on any atom is 0.309 e. The van der Waals surface area contributed by atoms with E-state index < -0.39 is 15.3 Å². The van der Waals surface area contributed by atoms with Crippen molar-refractivity contribution in [3.63, 3.8) is 0 Å². The molecule has 0 fully saturated rings. The molecule has 1 radical (unpaired) electrons. The van der Waals surface area contributed by atoms with Crippen molar-refractivity contribution in [3.05, 3.63) is 33.9 Å². The number of nitro groups is 1. The lowest BCUT2D eigenvalue weighted by atomic mass is 9.91. The molecule has 0 aromatic rings. The van der Waals surface area contributed by atoms with E-state index in [-0.39, 0.29) is 0 Å². The number of hydrogen-bond donors (Lipinski definition) is 0. The molecule has 0 aromatic heterocycles. The summed E-state index contributed by atoms with van der Waals surface area (Å²) in [6, 6.07) is 0. The summed E-state index contributed by atoms with van der Waals surface area (Å²) in [6.45, 7) is 1.60. The fourth-order valence-electron chi connectivity index (χ4n) is 1.18. The van der Waals surface area contributed by atoms with Crippen molar-refractivity contribution in [1.82, 2.24) is 0 Å². The molecule has 0 heterocycles. The molecule has 1 aliphatic rings. The highest BCUT2D eigenvalue weighted by molar-refractivity contribution is 9.10. The van der Waals surface area contributed by atoms with Gasteiger partial charge >= 0.3 is 4.45 Å². The molecule has 0 aliphatic heterocycles. The minimum Gasteiger partial charge on any atom is -0.290 e. The van der Waals surface area contributed by atoms with Gasteiger partial charge in [0.1, 0.15) is 5.92 Å². The first-order chi connectivity index (χ1) is 6.03. The zero-order chi connectivity index (χ0) is 10.1. The summed E-state index contributed by atoms with van der Waals surface area (Å²) in [5, 5.41) is 10.8. The van der Waals surface area contributed by atoms with Gasteiger partial charge in [0.05, 0.1) is 0 Å². The Morgan fingerprint density at radius 2 is 2.38 bits per heavy atom. The van der Waals surface area contributed by atoms with E-state index in [2.05, 4.69) is 15.9 Å². The number of allylic oxidation sites excluding steroid dienone is 2. The van der Waals surface area contributed by atoms with Crippen LogP contribution in [0.3, 0.4) is 0 Å². The average Bonchev–Trinajstić information content (AvgIpc) is 2.09. The second kappa shape index (κ2) is 3.41. The van der Waals surface area contributed by atoms with Crippen molar-refractivity contribution < 1.29 is 9.72 Å². The van der Waals surface area contributed by atoms with E-state index in [0.29, 0.717) is 5.57 Å². The molecule has 1 rings (SSSR count). The largest absolute Gasteiger partial charge is 0.309 e. The van der Waals surface area contributed by atoms with Crippen LogP contribution in [-0.2, 0) is 4.79 Å². The summed E-state index contributed by atoms with van der Waals surface area (Å²) in [6.07, 6.45) is 6.32. The Hall–Kier alpha value is -0.970. The topological polar surface area (TPSA) is 60.2 Å². The molecular formula is C8H7BrNO3. The first kappa shape index (κ1) is 10.1. The SMILES string of the molecule is CC1=CC=CC([C]=O)C1(Br)[N+](=O)[O-]. The van der Waals surface area contributed by atoms with Crippen molar-refractivity contribution in [3.8, 4) is 0 Å². The molecule has 0 aromatic carbocycles. The van der Waals surface area contributed by atoms with Gasteiger partial charge in [-0.25, -0.2) is 0 Å². The minimum atomic E-state index is -1.51. The second-order valence-corrected chi connectivity index (χ2v) is 3.97. The molecule has 1 aliphatic carbocycles. The van der Waals surface area contributed by atoms with Crippen LogP contribution >= 0.6 is 15.9 Å². The van der Waals surface area contributed by atoms with Gasteiger partial charge in [-0.15, -0.1) is 0 Å². The van der Waals surface area contributed by atoms with Crippen LogP contribution in [0.2, 0.25) is 0 Å². The average molecular weight is 245 g/mol. The van der Waals surface area contributed by atoms with Gasteiger partial charge in [0.2, 0.25) is 6.29 Å². The normalized spacial score (nSPS) is 32.5. The molecule has 0 saturated carbocycles. The maximum atomic E-state index is 10.8. The van der Waals surface area contributed by atoms with Gasteiger partial charge in [0, 0.05) is 26.4 Å². The van der Waals surface area contributed by atoms with Crippen LogP contribution in [0, 0.1) is 16.0 Å². The Bertz CT molecular complexity index is 311. The van der Waals surface area contributed by atoms with E-state index in [1.807, 2.05) is 0 Å². The van der Waals surface area contributed by atoms with Crippen LogP contribution in [0.25, 0.3) is 0 Å². The highest BCUT2D eigenvalue weighted by Gasteiger charge is 2.50. The smallest absolute Gasteiger partial charge is 0.290 e. The lowest BCUT2D eigenvalue weighted by Crippen LogP contribution is -2.41. The lowest BCUT2D eigenvalue weighted by Gasteiger charge is -2.24. The monoisotopic (exact) mass is 244 g/mol. The summed E-state index contributed by atoms with van der Waals surface area (Å²) >= 11 is 2.97. The second-order valence-electron chi connectivity index (χ2n) is 2.76. The molecule has 0 saturated heterocycles. The molecule has 0 N–H and O–H groups in total. The van der Waals surface area contributed by atoms with Crippen LogP contribution < -0.4 is 0 Å². The predicted molar refractivity (Wildman–Crippen MR) is 50.7 cm³/mol. The molecule has 13 heavy (non-hydrogen) atoms. The number of rotatable bonds is 2. The minimum absolute atomic E-state index is 0.494. The van der Waals surface area contributed by atoms with Gasteiger partial charge < -0.3 is 0 Å². The van der Waals surface area contributed by atoms with Gasteiger partial charge in [0.15, 0.2) is 0 Å². The maximum absolute atomic E-state index is 10.8. The Kier molecular flexibility index (Phi) is 2.66. The third-order valence-corrected chi connectivity index (χ3v) is 3.42. The molecule has 2 atom stereocenters. The number of carbonyl (C=O) groups excluding carboxylic acids is 1. The van der Waals surface area contributed by atoms with Crippen LogP contribution in [0.5, 0.6) is 0 Å². The van der Waals surface area contributed by atoms with E-state index in [0.717, 1.165) is 0 Å². The molecule has 69 valence electrons. The van der Waals surface area contributed by atoms with Crippen LogP contribution in [-0.4, -0.2) is 15.7 Å². The summed E-state index contributed by atoms with van der Waals surface area (Å²) in [4.78, 5) is 20.7. The molecule has 0 bridgehead atoms. The van der Waals surface area contributed by atoms with Crippen molar-refractivity contribution in [2.45, 2.75) is 11.4 Å². The number of nitrogens with zero attached hydrogens (tertiary/aromatic N) is 1. The summed E-state index contributed by atoms with van der Waals surface area (Å²) < 4.78 is -1.51. The fourth-order valence-corrected chi connectivity index (χ4v) is 1.55. The number of alkyl halides is 1. The molecule has 4 nitrogen and oxygen atoms in total. The Balaban J connectivity index is 3.17. The highest BCUT2D eigenvalue weighted by atomic mass is 79.9. The lowest BCUT2D eigenvalue weighted by molar-refractivity contribution is -0.528. The Morgan fingerprint density at radius 3 is 2.77 bits per heavy atom. The predicted octanol–water partition coefficient (Wildman–Crippen LogP) is 1.60. The van der Waals surface area contributed by atoms with Gasteiger partial charge in [-0.05, 0) is 6.92 Å². The first-order valence-electron chi connectivity index (χ1n) is 3.60. The molecular weight excluding hydrogens is 238 g/mol. The van der Waals surface area contributed by atoms with Crippen molar-refractivity contribution in [2.75, 3.05) is 0 Å². The Morgan fingerprint density at radius 1 is 1.77 bits per heavy atom. The number of hydrogen-bond acceptors (Lipinski definition) is 3. The fraction of sp³-hybridized carbons (Fsp3) is 0.375. The van der Waals surface area contributed by atoms with Gasteiger partial charge in [-0.3, -0.25) is 14.9 Å². The highest BCUT2D eigenvalue weighted by Crippen LogP contribution is 2.38. The van der Waals surface area contributed by atoms with Gasteiger partial charge in [-0.1, -0.05) is 18.2 Å². The van der Waals surface area contributed by atoms with Gasteiger partial charge in [0.25, 0.3) is 0 Å². The van der Waals surface area contributed by atoms with Crippen LogP contribution in [0.1, 0.15) is 6.92 Å². The summed E-state index contributed by atoms with van der Waals surface area (Å²) in [5.74, 6) is -0.868. The van der Waals surface area contributed by atoms with E-state index in [1.54, 1.807) is 25.4 Å². The van der Waals surface area contributed by atoms with Crippen molar-refractivity contribution in [2.24, 2.45) is 5.92 Å². The molecule has 5 heteroatoms. The molecule has 0 amide bonds. The quantitative estimate of drug-likeness (QED) is 0.321. The van der Waals surface area contributed by atoms with Crippen molar-refractivity contribution >= 4 is 22.2 Å². The van der Waals surface area contributed by atoms with E-state index in [9.17, 15) is 14.9 Å². The Labute approximate surface area is 83.6 Å². The zero-order valence-corrected chi connectivity index (χ0v) is 8.45. The summed E-state index contributed by atoms with van der Waals surface area (Å²) in [5.41, 5.74) is 0.494. The van der Waals surface area contributed by atoms with Crippen molar-refractivity contribution in [1.29, 1.82) is 0 Å². The van der Waals surface area contributed by atoms with E-state index >= 15 is 0 Å². The first-order valence-corrected chi connectivity index (χ1v) is 4.39. The third-order valence-electron chi connectivity index (χ3n) is 2.01. The van der Waals surface area contributed by atoms with Crippen LogP contribution in [0.4, 0.5) is 0 Å². The molecule has 2 unspecified atom stereocenters. The third kappa shape index (κ3) is 1.44. The molecule has 0 spiro atoms. The van der Waals surface area contributed by atoms with E-state index in [4.69, 9.17) is 0 Å². The standard InChI is InChI=1S/C8H7BrNO3/c1-6-3-2-4-7(5-11)8(6,9)10(12)13/h2-4,7H,1H3.